The molecule has 128 valence electrons. The highest BCUT2D eigenvalue weighted by molar-refractivity contribution is 5.93. The lowest BCUT2D eigenvalue weighted by atomic mass is 10.2. The molecule has 0 spiro atoms. The maximum Gasteiger partial charge on any atom is 0.277 e. The molecule has 7 nitrogen and oxygen atoms in total. The zero-order chi connectivity index (χ0) is 17.9. The molecule has 26 heavy (non-hydrogen) atoms. The fourth-order valence-electron chi connectivity index (χ4n) is 2.75. The van der Waals surface area contributed by atoms with Crippen molar-refractivity contribution >= 4 is 33.4 Å². The fraction of sp³-hybridized carbons (Fsp3) is 0.105. The highest BCUT2D eigenvalue weighted by Crippen LogP contribution is 2.17. The summed E-state index contributed by atoms with van der Waals surface area (Å²) < 4.78 is 1.21. The molecule has 1 N–H and O–H groups in total. The second kappa shape index (κ2) is 6.72. The van der Waals surface area contributed by atoms with E-state index in [0.29, 0.717) is 16.6 Å². The molecule has 0 saturated heterocycles. The van der Waals surface area contributed by atoms with Crippen molar-refractivity contribution in [3.8, 4) is 0 Å². The Kier molecular flexibility index (Phi) is 4.10. The van der Waals surface area contributed by atoms with E-state index in [1.165, 1.54) is 4.68 Å². The van der Waals surface area contributed by atoms with Crippen molar-refractivity contribution in [1.82, 2.24) is 20.0 Å². The number of hydrogen-bond acceptors (Lipinski definition) is 5. The Morgan fingerprint density at radius 2 is 1.92 bits per heavy atom. The number of fused-ring (bicyclic) bond motifs is 2. The number of carbonyl (C=O) groups excluding carboxylic acids is 1. The molecule has 1 amide bonds. The van der Waals surface area contributed by atoms with Gasteiger partial charge in [-0.25, -0.2) is 4.68 Å². The third kappa shape index (κ3) is 3.14. The lowest BCUT2D eigenvalue weighted by Crippen LogP contribution is -2.26. The molecule has 0 aliphatic rings. The minimum absolute atomic E-state index is 0.123. The van der Waals surface area contributed by atoms with Crippen molar-refractivity contribution in [3.05, 3.63) is 71.1 Å². The number of aromatic nitrogens is 4. The van der Waals surface area contributed by atoms with Crippen molar-refractivity contribution in [2.24, 2.45) is 0 Å². The van der Waals surface area contributed by atoms with Gasteiger partial charge in [-0.2, -0.15) is 0 Å². The number of rotatable bonds is 4. The van der Waals surface area contributed by atoms with Gasteiger partial charge < -0.3 is 5.32 Å². The van der Waals surface area contributed by atoms with Crippen LogP contribution in [0.1, 0.15) is 6.42 Å². The Morgan fingerprint density at radius 3 is 2.85 bits per heavy atom. The molecule has 0 unspecified atom stereocenters. The summed E-state index contributed by atoms with van der Waals surface area (Å²) in [5.74, 6) is -0.199. The minimum atomic E-state index is -0.250. The zero-order valence-electron chi connectivity index (χ0n) is 13.8. The summed E-state index contributed by atoms with van der Waals surface area (Å²) >= 11 is 0. The predicted molar refractivity (Wildman–Crippen MR) is 98.8 cm³/mol. The van der Waals surface area contributed by atoms with Crippen LogP contribution in [0, 0.1) is 0 Å². The average Bonchev–Trinajstić information content (AvgIpc) is 2.67. The number of amides is 1. The maximum atomic E-state index is 12.4. The van der Waals surface area contributed by atoms with E-state index in [4.69, 9.17) is 0 Å². The van der Waals surface area contributed by atoms with Crippen molar-refractivity contribution in [1.29, 1.82) is 0 Å². The van der Waals surface area contributed by atoms with Crippen molar-refractivity contribution < 1.29 is 4.79 Å². The van der Waals surface area contributed by atoms with Gasteiger partial charge >= 0.3 is 0 Å². The van der Waals surface area contributed by atoms with Gasteiger partial charge in [-0.05, 0) is 36.4 Å². The molecule has 2 heterocycles. The van der Waals surface area contributed by atoms with Crippen LogP contribution in [0.3, 0.4) is 0 Å². The van der Waals surface area contributed by atoms with E-state index in [9.17, 15) is 9.59 Å². The fourth-order valence-corrected chi connectivity index (χ4v) is 2.75. The van der Waals surface area contributed by atoms with Crippen LogP contribution < -0.4 is 10.9 Å². The van der Waals surface area contributed by atoms with Gasteiger partial charge in [-0.1, -0.05) is 23.4 Å². The van der Waals surface area contributed by atoms with Crippen molar-refractivity contribution in [2.75, 3.05) is 5.32 Å². The quantitative estimate of drug-likeness (QED) is 0.613. The summed E-state index contributed by atoms with van der Waals surface area (Å²) in [4.78, 5) is 28.8. The highest BCUT2D eigenvalue weighted by atomic mass is 16.2. The monoisotopic (exact) mass is 345 g/mol. The van der Waals surface area contributed by atoms with Crippen LogP contribution in [0.4, 0.5) is 5.69 Å². The van der Waals surface area contributed by atoms with E-state index in [2.05, 4.69) is 20.6 Å². The first kappa shape index (κ1) is 15.9. The number of nitrogens with zero attached hydrogens (tertiary/aromatic N) is 4. The van der Waals surface area contributed by atoms with Gasteiger partial charge in [0.2, 0.25) is 5.91 Å². The van der Waals surface area contributed by atoms with E-state index in [1.54, 1.807) is 36.5 Å². The van der Waals surface area contributed by atoms with E-state index in [-0.39, 0.29) is 24.4 Å². The Hall–Kier alpha value is -3.61. The molecule has 0 saturated carbocycles. The van der Waals surface area contributed by atoms with Crippen LogP contribution in [-0.4, -0.2) is 25.9 Å². The molecule has 0 radical (unpaired) electrons. The summed E-state index contributed by atoms with van der Waals surface area (Å²) in [6, 6.07) is 16.3. The van der Waals surface area contributed by atoms with Crippen LogP contribution in [0.25, 0.3) is 21.8 Å². The second-order valence-electron chi connectivity index (χ2n) is 5.84. The molecule has 0 aliphatic carbocycles. The third-order valence-corrected chi connectivity index (χ3v) is 4.07. The summed E-state index contributed by atoms with van der Waals surface area (Å²) in [7, 11) is 0. The van der Waals surface area contributed by atoms with Gasteiger partial charge in [-0.15, -0.1) is 5.10 Å². The molecule has 4 rings (SSSR count). The minimum Gasteiger partial charge on any atom is -0.326 e. The summed E-state index contributed by atoms with van der Waals surface area (Å²) in [6.45, 7) is 0.164. The summed E-state index contributed by atoms with van der Waals surface area (Å²) in [6.07, 6.45) is 1.85. The Bertz CT molecular complexity index is 1170. The molecule has 0 atom stereocenters. The number of nitrogens with one attached hydrogen (secondary N) is 1. The van der Waals surface area contributed by atoms with Gasteiger partial charge in [0.15, 0.2) is 0 Å². The molecule has 0 aliphatic heterocycles. The van der Waals surface area contributed by atoms with E-state index >= 15 is 0 Å². The van der Waals surface area contributed by atoms with Gasteiger partial charge in [0.25, 0.3) is 5.56 Å². The number of hydrogen-bond donors (Lipinski definition) is 1. The number of anilines is 1. The average molecular weight is 345 g/mol. The van der Waals surface area contributed by atoms with E-state index in [1.807, 2.05) is 24.3 Å². The molecule has 7 heteroatoms. The molecule has 2 aromatic heterocycles. The van der Waals surface area contributed by atoms with Crippen LogP contribution >= 0.6 is 0 Å². The molecule has 0 fully saturated rings. The molecular formula is C19H15N5O2. The van der Waals surface area contributed by atoms with Gasteiger partial charge in [0.1, 0.15) is 5.52 Å². The smallest absolute Gasteiger partial charge is 0.277 e. The largest absolute Gasteiger partial charge is 0.326 e. The van der Waals surface area contributed by atoms with Crippen LogP contribution in [0.2, 0.25) is 0 Å². The van der Waals surface area contributed by atoms with Crippen molar-refractivity contribution in [2.45, 2.75) is 13.0 Å². The standard InChI is InChI=1S/C19H15N5O2/c25-18(21-14-7-8-16-13(12-14)4-3-10-20-16)9-11-24-19(26)15-5-1-2-6-17(15)22-23-24/h1-8,10,12H,9,11H2,(H,21,25). The van der Waals surface area contributed by atoms with Gasteiger partial charge in [0, 0.05) is 23.7 Å². The summed E-state index contributed by atoms with van der Waals surface area (Å²) in [5, 5.41) is 12.2. The predicted octanol–water partition coefficient (Wildman–Crippen LogP) is 2.37. The van der Waals surface area contributed by atoms with E-state index < -0.39 is 0 Å². The normalized spacial score (nSPS) is 10.9. The molecular weight excluding hydrogens is 330 g/mol. The number of pyridine rings is 1. The van der Waals surface area contributed by atoms with Crippen molar-refractivity contribution in [3.63, 3.8) is 0 Å². The number of aryl methyl sites for hydroxylation is 1. The lowest BCUT2D eigenvalue weighted by Gasteiger charge is -2.07. The summed E-state index contributed by atoms with van der Waals surface area (Å²) in [5.41, 5.74) is 1.85. The lowest BCUT2D eigenvalue weighted by molar-refractivity contribution is -0.116. The Balaban J connectivity index is 1.46. The first-order valence-electron chi connectivity index (χ1n) is 8.18. The first-order valence-corrected chi connectivity index (χ1v) is 8.18. The third-order valence-electron chi connectivity index (χ3n) is 4.07. The second-order valence-corrected chi connectivity index (χ2v) is 5.84. The van der Waals surface area contributed by atoms with Gasteiger partial charge in [0.05, 0.1) is 17.4 Å². The SMILES string of the molecule is O=C(CCn1nnc2ccccc2c1=O)Nc1ccc2ncccc2c1. The van der Waals surface area contributed by atoms with Gasteiger partial charge in [-0.3, -0.25) is 14.6 Å². The van der Waals surface area contributed by atoms with Crippen LogP contribution in [0.5, 0.6) is 0 Å². The Morgan fingerprint density at radius 1 is 1.04 bits per heavy atom. The molecule has 2 aromatic carbocycles. The van der Waals surface area contributed by atoms with Crippen LogP contribution in [-0.2, 0) is 11.3 Å². The van der Waals surface area contributed by atoms with Crippen LogP contribution in [0.15, 0.2) is 65.6 Å². The zero-order valence-corrected chi connectivity index (χ0v) is 13.8. The highest BCUT2D eigenvalue weighted by Gasteiger charge is 2.08. The number of carbonyl (C=O) groups is 1. The van der Waals surface area contributed by atoms with E-state index in [0.717, 1.165) is 10.9 Å². The Labute approximate surface area is 148 Å². The molecule has 4 aromatic rings. The maximum absolute atomic E-state index is 12.4. The first-order chi connectivity index (χ1) is 12.7. The number of benzene rings is 2. The topological polar surface area (TPSA) is 89.8 Å². The molecule has 0 bridgehead atoms.